The molecule has 0 fully saturated rings. The first-order valence-corrected chi connectivity index (χ1v) is 13.9. The molecule has 0 spiro atoms. The predicted molar refractivity (Wildman–Crippen MR) is 163 cm³/mol. The Kier molecular flexibility index (Phi) is 10.2. The van der Waals surface area contributed by atoms with Crippen LogP contribution in [0.1, 0.15) is 63.0 Å². The molecule has 2 aromatic rings. The van der Waals surface area contributed by atoms with Crippen molar-refractivity contribution in [3.8, 4) is 0 Å². The van der Waals surface area contributed by atoms with Crippen LogP contribution in [-0.2, 0) is 6.42 Å². The van der Waals surface area contributed by atoms with E-state index in [9.17, 15) is 0 Å². The van der Waals surface area contributed by atoms with Gasteiger partial charge in [-0.05, 0) is 92.7 Å². The Bertz CT molecular complexity index is 1200. The van der Waals surface area contributed by atoms with Gasteiger partial charge in [-0.1, -0.05) is 103 Å². The number of rotatable bonds is 12. The normalized spacial score (nSPS) is 16.4. The number of unbranched alkanes of at least 4 members (excludes halogenated alkanes) is 1. The number of hydrogen-bond donors (Lipinski definition) is 0. The maximum absolute atomic E-state index is 3.96. The SMILES string of the molecule is C=CCCC=C(C1=CC=CCC1)N(c1cccc(C2=CC=CCC2)c1)C(C)CC=CCc1ccccc1. The summed E-state index contributed by atoms with van der Waals surface area (Å²) in [6.45, 7) is 6.32. The van der Waals surface area contributed by atoms with Gasteiger partial charge in [0.05, 0.1) is 0 Å². The first kappa shape index (κ1) is 26.5. The molecule has 0 N–H and O–H groups in total. The van der Waals surface area contributed by atoms with E-state index in [1.807, 2.05) is 6.08 Å². The summed E-state index contributed by atoms with van der Waals surface area (Å²) in [5.74, 6) is 0. The smallest absolute Gasteiger partial charge is 0.0419 e. The van der Waals surface area contributed by atoms with Crippen molar-refractivity contribution in [2.75, 3.05) is 4.90 Å². The van der Waals surface area contributed by atoms with Crippen LogP contribution >= 0.6 is 0 Å². The molecule has 1 nitrogen and oxygen atoms in total. The van der Waals surface area contributed by atoms with Gasteiger partial charge in [-0.2, -0.15) is 0 Å². The summed E-state index contributed by atoms with van der Waals surface area (Å²) in [6.07, 6.45) is 31.0. The lowest BCUT2D eigenvalue weighted by Gasteiger charge is -2.35. The van der Waals surface area contributed by atoms with Crippen LogP contribution in [-0.4, -0.2) is 6.04 Å². The Morgan fingerprint density at radius 2 is 1.73 bits per heavy atom. The minimum Gasteiger partial charge on any atom is -0.338 e. The second-order valence-corrected chi connectivity index (χ2v) is 9.94. The quantitative estimate of drug-likeness (QED) is 0.213. The van der Waals surface area contributed by atoms with Crippen molar-refractivity contribution in [1.82, 2.24) is 0 Å². The summed E-state index contributed by atoms with van der Waals surface area (Å²) in [6, 6.07) is 20.2. The molecule has 0 amide bonds. The summed E-state index contributed by atoms with van der Waals surface area (Å²) in [7, 11) is 0. The fourth-order valence-corrected chi connectivity index (χ4v) is 5.10. The number of hydrogen-bond acceptors (Lipinski definition) is 1. The number of benzene rings is 2. The van der Waals surface area contributed by atoms with Gasteiger partial charge < -0.3 is 4.90 Å². The molecule has 4 rings (SSSR count). The van der Waals surface area contributed by atoms with Gasteiger partial charge in [0.2, 0.25) is 0 Å². The molecule has 190 valence electrons. The van der Waals surface area contributed by atoms with Gasteiger partial charge in [0, 0.05) is 17.4 Å². The predicted octanol–water partition coefficient (Wildman–Crippen LogP) is 9.93. The van der Waals surface area contributed by atoms with Crippen molar-refractivity contribution < 1.29 is 0 Å². The Morgan fingerprint density at radius 3 is 2.46 bits per heavy atom. The molecule has 2 aromatic carbocycles. The lowest BCUT2D eigenvalue weighted by Crippen LogP contribution is -2.33. The van der Waals surface area contributed by atoms with Gasteiger partial charge in [-0.15, -0.1) is 6.58 Å². The maximum atomic E-state index is 3.96. The second-order valence-electron chi connectivity index (χ2n) is 9.94. The fourth-order valence-electron chi connectivity index (χ4n) is 5.10. The van der Waals surface area contributed by atoms with Crippen molar-refractivity contribution in [2.24, 2.45) is 0 Å². The van der Waals surface area contributed by atoms with Crippen LogP contribution in [0.3, 0.4) is 0 Å². The fraction of sp³-hybridized carbons (Fsp3) is 0.278. The Hall–Kier alpha value is -3.58. The van der Waals surface area contributed by atoms with E-state index in [1.165, 1.54) is 33.7 Å². The lowest BCUT2D eigenvalue weighted by atomic mass is 9.95. The minimum absolute atomic E-state index is 0.323. The third kappa shape index (κ3) is 7.70. The van der Waals surface area contributed by atoms with Crippen molar-refractivity contribution in [2.45, 2.75) is 64.3 Å². The molecule has 1 heteroatoms. The Balaban J connectivity index is 1.66. The summed E-state index contributed by atoms with van der Waals surface area (Å²) in [5, 5.41) is 0. The highest BCUT2D eigenvalue weighted by Gasteiger charge is 2.22. The molecule has 0 heterocycles. The van der Waals surface area contributed by atoms with E-state index in [4.69, 9.17) is 0 Å². The second kappa shape index (κ2) is 14.2. The molecule has 0 aromatic heterocycles. The molecule has 0 saturated heterocycles. The van der Waals surface area contributed by atoms with E-state index in [0.717, 1.165) is 51.4 Å². The maximum Gasteiger partial charge on any atom is 0.0419 e. The third-order valence-corrected chi connectivity index (χ3v) is 7.10. The van der Waals surface area contributed by atoms with Crippen LogP contribution in [0.4, 0.5) is 5.69 Å². The average Bonchev–Trinajstić information content (AvgIpc) is 2.96. The minimum atomic E-state index is 0.323. The summed E-state index contributed by atoms with van der Waals surface area (Å²) >= 11 is 0. The van der Waals surface area contributed by atoms with Crippen LogP contribution < -0.4 is 4.90 Å². The van der Waals surface area contributed by atoms with E-state index in [1.54, 1.807) is 0 Å². The molecule has 2 aliphatic carbocycles. The highest BCUT2D eigenvalue weighted by atomic mass is 15.2. The van der Waals surface area contributed by atoms with Crippen molar-refractivity contribution in [3.63, 3.8) is 0 Å². The molecular formula is C36H41N. The highest BCUT2D eigenvalue weighted by molar-refractivity contribution is 5.72. The lowest BCUT2D eigenvalue weighted by molar-refractivity contribution is 0.690. The first-order valence-electron chi connectivity index (χ1n) is 13.9. The van der Waals surface area contributed by atoms with Gasteiger partial charge in [-0.25, -0.2) is 0 Å². The van der Waals surface area contributed by atoms with Gasteiger partial charge >= 0.3 is 0 Å². The van der Waals surface area contributed by atoms with E-state index in [2.05, 4.69) is 128 Å². The summed E-state index contributed by atoms with van der Waals surface area (Å²) in [5.41, 5.74) is 8.17. The first-order chi connectivity index (χ1) is 18.3. The Labute approximate surface area is 224 Å². The molecule has 0 radical (unpaired) electrons. The standard InChI is InChI=1S/C36H41N/c1-3-4-8-28-36(33-24-13-7-14-25-33)37(30(2)18-15-16-21-31-19-9-5-10-20-31)35-27-17-26-34(29-35)32-22-11-6-12-23-32/h3,5-7,9-11,13,15-17,19-20,22,24,26-30H,1,4,8,12,14,18,21,23,25H2,2H3. The zero-order valence-corrected chi connectivity index (χ0v) is 22.4. The van der Waals surface area contributed by atoms with Gasteiger partial charge in [0.15, 0.2) is 0 Å². The molecule has 0 aliphatic heterocycles. The van der Waals surface area contributed by atoms with Crippen LogP contribution in [0, 0.1) is 0 Å². The molecule has 0 saturated carbocycles. The number of allylic oxidation sites excluding steroid dienone is 11. The number of anilines is 1. The van der Waals surface area contributed by atoms with Gasteiger partial charge in [0.25, 0.3) is 0 Å². The Morgan fingerprint density at radius 1 is 0.919 bits per heavy atom. The van der Waals surface area contributed by atoms with Crippen LogP contribution in [0.5, 0.6) is 0 Å². The van der Waals surface area contributed by atoms with E-state index in [-0.39, 0.29) is 0 Å². The van der Waals surface area contributed by atoms with E-state index in [0.29, 0.717) is 6.04 Å². The van der Waals surface area contributed by atoms with Gasteiger partial charge in [-0.3, -0.25) is 0 Å². The molecular weight excluding hydrogens is 446 g/mol. The average molecular weight is 488 g/mol. The van der Waals surface area contributed by atoms with Crippen LogP contribution in [0.2, 0.25) is 0 Å². The topological polar surface area (TPSA) is 3.24 Å². The third-order valence-electron chi connectivity index (χ3n) is 7.10. The molecule has 2 aliphatic rings. The zero-order chi connectivity index (χ0) is 25.7. The van der Waals surface area contributed by atoms with Gasteiger partial charge in [0.1, 0.15) is 0 Å². The highest BCUT2D eigenvalue weighted by Crippen LogP contribution is 2.34. The van der Waals surface area contributed by atoms with E-state index < -0.39 is 0 Å². The molecule has 1 unspecified atom stereocenters. The monoisotopic (exact) mass is 487 g/mol. The molecule has 37 heavy (non-hydrogen) atoms. The van der Waals surface area contributed by atoms with Crippen molar-refractivity contribution in [1.29, 1.82) is 0 Å². The largest absolute Gasteiger partial charge is 0.338 e. The van der Waals surface area contributed by atoms with Crippen LogP contribution in [0.25, 0.3) is 5.57 Å². The molecule has 1 atom stereocenters. The van der Waals surface area contributed by atoms with Crippen molar-refractivity contribution in [3.05, 3.63) is 144 Å². The summed E-state index contributed by atoms with van der Waals surface area (Å²) < 4.78 is 0. The van der Waals surface area contributed by atoms with E-state index >= 15 is 0 Å². The summed E-state index contributed by atoms with van der Waals surface area (Å²) in [4.78, 5) is 2.59. The van der Waals surface area contributed by atoms with Crippen molar-refractivity contribution >= 4 is 11.3 Å². The molecule has 0 bridgehead atoms. The number of nitrogens with zero attached hydrogens (tertiary/aromatic N) is 1. The zero-order valence-electron chi connectivity index (χ0n) is 22.4. The van der Waals surface area contributed by atoms with Crippen LogP contribution in [0.15, 0.2) is 133 Å².